The Kier molecular flexibility index (Phi) is 4.39. The average molecular weight is 289 g/mol. The van der Waals surface area contributed by atoms with Gasteiger partial charge in [-0.05, 0) is 50.2 Å². The molecule has 0 spiro atoms. The second kappa shape index (κ2) is 6.43. The van der Waals surface area contributed by atoms with Gasteiger partial charge in [-0.25, -0.2) is 4.79 Å². The Bertz CT molecular complexity index is 485. The van der Waals surface area contributed by atoms with Crippen molar-refractivity contribution in [2.45, 2.75) is 51.3 Å². The van der Waals surface area contributed by atoms with Gasteiger partial charge in [0, 0.05) is 31.1 Å². The molecular weight excluding hydrogens is 266 g/mol. The van der Waals surface area contributed by atoms with E-state index in [9.17, 15) is 4.79 Å². The largest absolute Gasteiger partial charge is 0.378 e. The number of ether oxygens (including phenoxy) is 1. The van der Waals surface area contributed by atoms with Crippen LogP contribution in [-0.4, -0.2) is 29.8 Å². The molecule has 1 saturated heterocycles. The minimum absolute atomic E-state index is 0.1000. The minimum Gasteiger partial charge on any atom is -0.378 e. The first kappa shape index (κ1) is 14.3. The molecule has 0 aromatic carbocycles. The molecule has 0 radical (unpaired) electrons. The van der Waals surface area contributed by atoms with Gasteiger partial charge in [-0.15, -0.1) is 0 Å². The highest BCUT2D eigenvalue weighted by Crippen LogP contribution is 2.38. The van der Waals surface area contributed by atoms with Crippen molar-refractivity contribution in [3.63, 3.8) is 0 Å². The van der Waals surface area contributed by atoms with E-state index in [1.807, 2.05) is 19.1 Å². The molecule has 114 valence electrons. The quantitative estimate of drug-likeness (QED) is 0.892. The summed E-state index contributed by atoms with van der Waals surface area (Å²) in [5, 5.41) is 5.96. The topological polar surface area (TPSA) is 63.2 Å². The maximum atomic E-state index is 12.0. The summed E-state index contributed by atoms with van der Waals surface area (Å²) in [6.07, 6.45) is 6.57. The fourth-order valence-corrected chi connectivity index (χ4v) is 2.78. The number of nitrogens with one attached hydrogen (secondary N) is 2. The van der Waals surface area contributed by atoms with Gasteiger partial charge in [-0.3, -0.25) is 4.98 Å². The third kappa shape index (κ3) is 4.17. The van der Waals surface area contributed by atoms with E-state index in [-0.39, 0.29) is 12.1 Å². The van der Waals surface area contributed by atoms with Crippen molar-refractivity contribution < 1.29 is 9.53 Å². The van der Waals surface area contributed by atoms with Crippen molar-refractivity contribution in [1.82, 2.24) is 15.6 Å². The van der Waals surface area contributed by atoms with Gasteiger partial charge in [-0.2, -0.15) is 0 Å². The van der Waals surface area contributed by atoms with Crippen LogP contribution < -0.4 is 10.6 Å². The summed E-state index contributed by atoms with van der Waals surface area (Å²) in [7, 11) is 0. The van der Waals surface area contributed by atoms with Crippen LogP contribution in [0.25, 0.3) is 0 Å². The first-order valence-electron chi connectivity index (χ1n) is 7.78. The Morgan fingerprint density at radius 2 is 2.24 bits per heavy atom. The predicted molar refractivity (Wildman–Crippen MR) is 79.8 cm³/mol. The molecule has 1 aromatic heterocycles. The number of hydrogen-bond donors (Lipinski definition) is 2. The molecule has 1 aromatic rings. The molecule has 5 nitrogen and oxygen atoms in total. The maximum Gasteiger partial charge on any atom is 0.315 e. The van der Waals surface area contributed by atoms with Crippen LogP contribution in [0.15, 0.2) is 18.3 Å². The number of carbonyl (C=O) groups is 1. The molecule has 2 fully saturated rings. The summed E-state index contributed by atoms with van der Waals surface area (Å²) in [6, 6.07) is 4.07. The van der Waals surface area contributed by atoms with Crippen molar-refractivity contribution in [3.05, 3.63) is 29.6 Å². The van der Waals surface area contributed by atoms with Gasteiger partial charge < -0.3 is 15.4 Å². The van der Waals surface area contributed by atoms with Crippen LogP contribution in [-0.2, 0) is 11.3 Å². The van der Waals surface area contributed by atoms with Gasteiger partial charge in [0.1, 0.15) is 0 Å². The lowest BCUT2D eigenvalue weighted by molar-refractivity contribution is -0.00914. The van der Waals surface area contributed by atoms with Crippen molar-refractivity contribution in [3.8, 4) is 0 Å². The molecule has 5 heteroatoms. The fourth-order valence-electron chi connectivity index (χ4n) is 2.78. The zero-order valence-electron chi connectivity index (χ0n) is 12.5. The van der Waals surface area contributed by atoms with Crippen molar-refractivity contribution in [2.75, 3.05) is 6.61 Å². The highest BCUT2D eigenvalue weighted by atomic mass is 16.5. The smallest absolute Gasteiger partial charge is 0.315 e. The van der Waals surface area contributed by atoms with Crippen LogP contribution in [0.4, 0.5) is 4.79 Å². The van der Waals surface area contributed by atoms with Crippen LogP contribution in [0.5, 0.6) is 0 Å². The Morgan fingerprint density at radius 3 is 2.95 bits per heavy atom. The molecule has 2 amide bonds. The Morgan fingerprint density at radius 1 is 1.38 bits per heavy atom. The number of rotatable bonds is 4. The third-order valence-corrected chi connectivity index (χ3v) is 4.22. The summed E-state index contributed by atoms with van der Waals surface area (Å²) in [5.41, 5.74) is 2.00. The minimum atomic E-state index is -0.1000. The first-order chi connectivity index (χ1) is 10.2. The van der Waals surface area contributed by atoms with Crippen molar-refractivity contribution >= 4 is 6.03 Å². The zero-order chi connectivity index (χ0) is 14.7. The summed E-state index contributed by atoms with van der Waals surface area (Å²) < 4.78 is 5.77. The Labute approximate surface area is 125 Å². The summed E-state index contributed by atoms with van der Waals surface area (Å²) in [6.45, 7) is 3.22. The number of urea groups is 1. The number of aromatic nitrogens is 1. The van der Waals surface area contributed by atoms with Gasteiger partial charge in [0.25, 0.3) is 0 Å². The van der Waals surface area contributed by atoms with Crippen molar-refractivity contribution in [2.24, 2.45) is 5.92 Å². The van der Waals surface area contributed by atoms with Crippen LogP contribution in [0, 0.1) is 12.8 Å². The maximum absolute atomic E-state index is 12.0. The third-order valence-electron chi connectivity index (χ3n) is 4.22. The second-order valence-electron chi connectivity index (χ2n) is 6.10. The van der Waals surface area contributed by atoms with Gasteiger partial charge >= 0.3 is 6.03 Å². The second-order valence-corrected chi connectivity index (χ2v) is 6.10. The molecular formula is C16H23N3O2. The number of nitrogens with zero attached hydrogens (tertiary/aromatic N) is 1. The lowest BCUT2D eigenvalue weighted by atomic mass is 10.0. The number of carbonyl (C=O) groups excluding carboxylic acids is 1. The van der Waals surface area contributed by atoms with Crippen LogP contribution in [0.2, 0.25) is 0 Å². The summed E-state index contributed by atoms with van der Waals surface area (Å²) in [5.74, 6) is 0.733. The molecule has 1 aliphatic heterocycles. The predicted octanol–water partition coefficient (Wildman–Crippen LogP) is 2.15. The number of amides is 2. The van der Waals surface area contributed by atoms with Crippen LogP contribution in [0.3, 0.4) is 0 Å². The van der Waals surface area contributed by atoms with Crippen LogP contribution >= 0.6 is 0 Å². The molecule has 0 bridgehead atoms. The molecule has 2 aliphatic rings. The van der Waals surface area contributed by atoms with E-state index >= 15 is 0 Å². The standard InChI is InChI=1S/C16H23N3O2/c1-11-2-3-12(9-17-11)10-18-16(20)19-14-6-7-21-15(8-14)13-4-5-13/h2-3,9,13-15H,4-8,10H2,1H3,(H2,18,19,20)/t14-,15+/m0/s1. The molecule has 2 heterocycles. The Balaban J connectivity index is 1.42. The van der Waals surface area contributed by atoms with Gasteiger partial charge in [0.15, 0.2) is 0 Å². The highest BCUT2D eigenvalue weighted by Gasteiger charge is 2.36. The zero-order valence-corrected chi connectivity index (χ0v) is 12.5. The molecule has 2 atom stereocenters. The average Bonchev–Trinajstić information content (AvgIpc) is 3.32. The number of aryl methyl sites for hydroxylation is 1. The first-order valence-corrected chi connectivity index (χ1v) is 7.78. The fraction of sp³-hybridized carbons (Fsp3) is 0.625. The lowest BCUT2D eigenvalue weighted by Gasteiger charge is -2.30. The van der Waals surface area contributed by atoms with E-state index in [0.717, 1.165) is 36.6 Å². The van der Waals surface area contributed by atoms with E-state index < -0.39 is 0 Å². The number of pyridine rings is 1. The number of hydrogen-bond acceptors (Lipinski definition) is 3. The summed E-state index contributed by atoms with van der Waals surface area (Å²) >= 11 is 0. The molecule has 0 unspecified atom stereocenters. The van der Waals surface area contributed by atoms with Crippen LogP contribution in [0.1, 0.15) is 36.9 Å². The van der Waals surface area contributed by atoms with E-state index in [4.69, 9.17) is 4.74 Å². The van der Waals surface area contributed by atoms with Gasteiger partial charge in [-0.1, -0.05) is 6.07 Å². The van der Waals surface area contributed by atoms with E-state index in [1.165, 1.54) is 12.8 Å². The highest BCUT2D eigenvalue weighted by molar-refractivity contribution is 5.74. The lowest BCUT2D eigenvalue weighted by Crippen LogP contribution is -2.46. The molecule has 2 N–H and O–H groups in total. The van der Waals surface area contributed by atoms with Crippen molar-refractivity contribution in [1.29, 1.82) is 0 Å². The van der Waals surface area contributed by atoms with Gasteiger partial charge in [0.2, 0.25) is 0 Å². The van der Waals surface area contributed by atoms with E-state index in [0.29, 0.717) is 12.6 Å². The SMILES string of the molecule is Cc1ccc(CNC(=O)N[C@H]2CCO[C@@H](C3CC3)C2)cn1. The molecule has 1 saturated carbocycles. The molecule has 1 aliphatic carbocycles. The molecule has 21 heavy (non-hydrogen) atoms. The Hall–Kier alpha value is -1.62. The molecule has 3 rings (SSSR count). The van der Waals surface area contributed by atoms with E-state index in [2.05, 4.69) is 15.6 Å². The monoisotopic (exact) mass is 289 g/mol. The normalized spacial score (nSPS) is 25.4. The van der Waals surface area contributed by atoms with E-state index in [1.54, 1.807) is 6.20 Å². The van der Waals surface area contributed by atoms with Gasteiger partial charge in [0.05, 0.1) is 6.10 Å². The summed E-state index contributed by atoms with van der Waals surface area (Å²) in [4.78, 5) is 16.2.